The van der Waals surface area contributed by atoms with Gasteiger partial charge >= 0.3 is 0 Å². The Balaban J connectivity index is 2.48. The third kappa shape index (κ3) is 2.88. The van der Waals surface area contributed by atoms with Gasteiger partial charge in [0.05, 0.1) is 6.26 Å². The molecule has 1 amide bonds. The van der Waals surface area contributed by atoms with Crippen LogP contribution in [-0.2, 0) is 0 Å². The molecule has 0 saturated carbocycles. The van der Waals surface area contributed by atoms with Crippen LogP contribution in [-0.4, -0.2) is 29.7 Å². The summed E-state index contributed by atoms with van der Waals surface area (Å²) in [5.41, 5.74) is 0. The monoisotopic (exact) mass is 245 g/mol. The Morgan fingerprint density at radius 3 is 3.00 bits per heavy atom. The van der Waals surface area contributed by atoms with E-state index in [-0.39, 0.29) is 5.91 Å². The second-order valence-electron chi connectivity index (χ2n) is 2.75. The van der Waals surface area contributed by atoms with Crippen molar-refractivity contribution in [2.75, 3.05) is 18.9 Å². The van der Waals surface area contributed by atoms with Crippen LogP contribution in [0.2, 0.25) is 0 Å². The van der Waals surface area contributed by atoms with Gasteiger partial charge in [-0.15, -0.1) is 0 Å². The molecule has 0 spiro atoms. The van der Waals surface area contributed by atoms with Gasteiger partial charge in [-0.05, 0) is 18.6 Å². The first kappa shape index (κ1) is 10.3. The average Bonchev–Trinajstić information content (AvgIpc) is 2.65. The Bertz CT molecular complexity index is 259. The lowest BCUT2D eigenvalue weighted by Gasteiger charge is -2.14. The van der Waals surface area contributed by atoms with Crippen molar-refractivity contribution in [2.24, 2.45) is 0 Å². The number of amides is 1. The summed E-state index contributed by atoms with van der Waals surface area (Å²) in [5.74, 6) is 0.336. The zero-order chi connectivity index (χ0) is 9.68. The van der Waals surface area contributed by atoms with Crippen LogP contribution in [0.4, 0.5) is 0 Å². The van der Waals surface area contributed by atoms with Crippen molar-refractivity contribution in [3.8, 4) is 0 Å². The first-order chi connectivity index (χ1) is 6.25. The van der Waals surface area contributed by atoms with Gasteiger partial charge in [-0.3, -0.25) is 4.79 Å². The second-order valence-corrected chi connectivity index (χ2v) is 3.54. The zero-order valence-corrected chi connectivity index (χ0v) is 9.08. The molecule has 0 bridgehead atoms. The van der Waals surface area contributed by atoms with Gasteiger partial charge in [-0.25, -0.2) is 0 Å². The van der Waals surface area contributed by atoms with E-state index in [0.29, 0.717) is 5.76 Å². The predicted octanol–water partition coefficient (Wildman–Crippen LogP) is 2.14. The summed E-state index contributed by atoms with van der Waals surface area (Å²) in [7, 11) is 1.77. The lowest BCUT2D eigenvalue weighted by atomic mass is 10.3. The maximum Gasteiger partial charge on any atom is 0.289 e. The van der Waals surface area contributed by atoms with Gasteiger partial charge in [0.25, 0.3) is 5.91 Å². The molecular weight excluding hydrogens is 234 g/mol. The zero-order valence-electron chi connectivity index (χ0n) is 7.50. The number of alkyl halides is 1. The highest BCUT2D eigenvalue weighted by atomic mass is 79.9. The van der Waals surface area contributed by atoms with E-state index >= 15 is 0 Å². The Labute approximate surface area is 85.8 Å². The fraction of sp³-hybridized carbons (Fsp3) is 0.444. The van der Waals surface area contributed by atoms with Gasteiger partial charge in [0.2, 0.25) is 0 Å². The van der Waals surface area contributed by atoms with Gasteiger partial charge < -0.3 is 9.32 Å². The summed E-state index contributed by atoms with van der Waals surface area (Å²) in [5, 5.41) is 0.906. The standard InChI is InChI=1S/C9H12BrNO2/c1-11(6-3-5-10)9(12)8-4-2-7-13-8/h2,4,7H,3,5-6H2,1H3. The van der Waals surface area contributed by atoms with Gasteiger partial charge in [0.15, 0.2) is 5.76 Å². The molecule has 1 rings (SSSR count). The largest absolute Gasteiger partial charge is 0.459 e. The summed E-state index contributed by atoms with van der Waals surface area (Å²) in [6.45, 7) is 0.741. The molecule has 1 heterocycles. The molecule has 0 aliphatic heterocycles. The smallest absolute Gasteiger partial charge is 0.289 e. The molecule has 0 atom stereocenters. The number of carbonyl (C=O) groups is 1. The summed E-state index contributed by atoms with van der Waals surface area (Å²) in [4.78, 5) is 13.2. The molecule has 1 aromatic rings. The van der Waals surface area contributed by atoms with E-state index < -0.39 is 0 Å². The third-order valence-corrected chi connectivity index (χ3v) is 2.27. The molecule has 0 unspecified atom stereocenters. The highest BCUT2D eigenvalue weighted by Crippen LogP contribution is 2.04. The van der Waals surface area contributed by atoms with Crippen molar-refractivity contribution in [2.45, 2.75) is 6.42 Å². The molecule has 0 aliphatic rings. The van der Waals surface area contributed by atoms with E-state index in [1.807, 2.05) is 0 Å². The molecule has 4 heteroatoms. The molecule has 3 nitrogen and oxygen atoms in total. The first-order valence-corrected chi connectivity index (χ1v) is 5.23. The van der Waals surface area contributed by atoms with Crippen LogP contribution in [0, 0.1) is 0 Å². The van der Waals surface area contributed by atoms with Gasteiger partial charge in [0, 0.05) is 18.9 Å². The minimum Gasteiger partial charge on any atom is -0.459 e. The number of furan rings is 1. The van der Waals surface area contributed by atoms with E-state index in [1.165, 1.54) is 6.26 Å². The van der Waals surface area contributed by atoms with Gasteiger partial charge in [-0.2, -0.15) is 0 Å². The van der Waals surface area contributed by atoms with Crippen LogP contribution < -0.4 is 0 Å². The van der Waals surface area contributed by atoms with Crippen molar-refractivity contribution >= 4 is 21.8 Å². The summed E-state index contributed by atoms with van der Waals surface area (Å²) >= 11 is 3.31. The summed E-state index contributed by atoms with van der Waals surface area (Å²) in [6.07, 6.45) is 2.45. The number of carbonyl (C=O) groups excluding carboxylic acids is 1. The van der Waals surface area contributed by atoms with Crippen molar-refractivity contribution in [1.82, 2.24) is 4.90 Å². The van der Waals surface area contributed by atoms with E-state index in [0.717, 1.165) is 18.3 Å². The lowest BCUT2D eigenvalue weighted by Crippen LogP contribution is -2.27. The average molecular weight is 246 g/mol. The van der Waals surface area contributed by atoms with Crippen molar-refractivity contribution in [1.29, 1.82) is 0 Å². The minimum atomic E-state index is -0.0639. The predicted molar refractivity (Wildman–Crippen MR) is 54.1 cm³/mol. The van der Waals surface area contributed by atoms with Crippen LogP contribution in [0.3, 0.4) is 0 Å². The molecule has 72 valence electrons. The van der Waals surface area contributed by atoms with E-state index in [1.54, 1.807) is 24.1 Å². The molecule has 0 aromatic carbocycles. The highest BCUT2D eigenvalue weighted by Gasteiger charge is 2.12. The first-order valence-electron chi connectivity index (χ1n) is 4.10. The number of hydrogen-bond acceptors (Lipinski definition) is 2. The molecule has 0 fully saturated rings. The second kappa shape index (κ2) is 5.07. The fourth-order valence-corrected chi connectivity index (χ4v) is 1.24. The fourth-order valence-electron chi connectivity index (χ4n) is 0.987. The SMILES string of the molecule is CN(CCCBr)C(=O)c1ccco1. The molecule has 1 aromatic heterocycles. The lowest BCUT2D eigenvalue weighted by molar-refractivity contribution is 0.0764. The molecule has 0 radical (unpaired) electrons. The van der Waals surface area contributed by atoms with Crippen LogP contribution in [0.15, 0.2) is 22.8 Å². The number of rotatable bonds is 4. The number of nitrogens with zero attached hydrogens (tertiary/aromatic N) is 1. The maximum atomic E-state index is 11.5. The Morgan fingerprint density at radius 2 is 2.46 bits per heavy atom. The minimum absolute atomic E-state index is 0.0639. The van der Waals surface area contributed by atoms with Crippen LogP contribution in [0.5, 0.6) is 0 Å². The summed E-state index contributed by atoms with van der Waals surface area (Å²) in [6, 6.07) is 3.39. The van der Waals surface area contributed by atoms with E-state index in [9.17, 15) is 4.79 Å². The van der Waals surface area contributed by atoms with E-state index in [4.69, 9.17) is 4.42 Å². The maximum absolute atomic E-state index is 11.5. The van der Waals surface area contributed by atoms with E-state index in [2.05, 4.69) is 15.9 Å². The molecular formula is C9H12BrNO2. The van der Waals surface area contributed by atoms with Crippen LogP contribution in [0.25, 0.3) is 0 Å². The van der Waals surface area contributed by atoms with Crippen molar-refractivity contribution in [3.63, 3.8) is 0 Å². The normalized spacial score (nSPS) is 10.0. The van der Waals surface area contributed by atoms with Crippen LogP contribution in [0.1, 0.15) is 17.0 Å². The Kier molecular flexibility index (Phi) is 4.02. The molecule has 0 saturated heterocycles. The van der Waals surface area contributed by atoms with Crippen molar-refractivity contribution < 1.29 is 9.21 Å². The van der Waals surface area contributed by atoms with Gasteiger partial charge in [0.1, 0.15) is 0 Å². The van der Waals surface area contributed by atoms with Crippen LogP contribution >= 0.6 is 15.9 Å². The summed E-state index contributed by atoms with van der Waals surface area (Å²) < 4.78 is 4.99. The molecule has 0 aliphatic carbocycles. The number of halogens is 1. The molecule has 0 N–H and O–H groups in total. The highest BCUT2D eigenvalue weighted by molar-refractivity contribution is 9.09. The van der Waals surface area contributed by atoms with Crippen molar-refractivity contribution in [3.05, 3.63) is 24.2 Å². The number of hydrogen-bond donors (Lipinski definition) is 0. The topological polar surface area (TPSA) is 33.5 Å². The van der Waals surface area contributed by atoms with Gasteiger partial charge in [-0.1, -0.05) is 15.9 Å². The Morgan fingerprint density at radius 1 is 1.69 bits per heavy atom. The Hall–Kier alpha value is -0.770. The molecule has 13 heavy (non-hydrogen) atoms. The quantitative estimate of drug-likeness (QED) is 0.762. The third-order valence-electron chi connectivity index (χ3n) is 1.71.